The van der Waals surface area contributed by atoms with Crippen LogP contribution in [-0.4, -0.2) is 5.11 Å². The van der Waals surface area contributed by atoms with Crippen molar-refractivity contribution in [2.24, 2.45) is 0 Å². The van der Waals surface area contributed by atoms with Crippen molar-refractivity contribution in [2.45, 2.75) is 20.8 Å². The molecule has 0 aliphatic heterocycles. The van der Waals surface area contributed by atoms with Crippen molar-refractivity contribution in [3.05, 3.63) is 58.1 Å². The third kappa shape index (κ3) is 3.50. The molecule has 0 radical (unpaired) electrons. The van der Waals surface area contributed by atoms with E-state index in [2.05, 4.69) is 30.5 Å². The molecule has 2 N–H and O–H groups in total. The lowest BCUT2D eigenvalue weighted by molar-refractivity contribution is 1.34. The van der Waals surface area contributed by atoms with Gasteiger partial charge in [0.2, 0.25) is 0 Å². The molecule has 0 aliphatic carbocycles. The van der Waals surface area contributed by atoms with Gasteiger partial charge in [-0.1, -0.05) is 29.8 Å². The number of hydrogen-bond donors (Lipinski definition) is 2. The first-order valence-electron chi connectivity index (χ1n) is 6.38. The number of rotatable bonds is 2. The maximum Gasteiger partial charge on any atom is 0.175 e. The standard InChI is InChI=1S/C16H17ClN2S/c1-10-5-4-6-14(12(10)3)18-16(20)19-15-9-13(17)8-7-11(15)2/h4-9H,1-3H3,(H2,18,19,20). The molecule has 0 spiro atoms. The summed E-state index contributed by atoms with van der Waals surface area (Å²) in [5.41, 5.74) is 5.46. The summed E-state index contributed by atoms with van der Waals surface area (Å²) in [5.74, 6) is 0. The Labute approximate surface area is 130 Å². The SMILES string of the molecule is Cc1ccc(Cl)cc1NC(=S)Nc1cccc(C)c1C. The normalized spacial score (nSPS) is 10.2. The molecule has 104 valence electrons. The second kappa shape index (κ2) is 6.25. The second-order valence-electron chi connectivity index (χ2n) is 4.79. The molecule has 4 heteroatoms. The molecule has 2 aromatic carbocycles. The van der Waals surface area contributed by atoms with Crippen LogP contribution in [0.4, 0.5) is 11.4 Å². The third-order valence-corrected chi connectivity index (χ3v) is 3.74. The Bertz CT molecular complexity index is 647. The molecule has 0 fully saturated rings. The first kappa shape index (κ1) is 14.8. The van der Waals surface area contributed by atoms with E-state index in [0.29, 0.717) is 10.1 Å². The zero-order chi connectivity index (χ0) is 14.7. The van der Waals surface area contributed by atoms with Crippen LogP contribution in [0.5, 0.6) is 0 Å². The molecule has 0 aromatic heterocycles. The highest BCUT2D eigenvalue weighted by Gasteiger charge is 2.05. The fourth-order valence-corrected chi connectivity index (χ4v) is 2.28. The van der Waals surface area contributed by atoms with Gasteiger partial charge in [-0.2, -0.15) is 0 Å². The average Bonchev–Trinajstić information content (AvgIpc) is 2.39. The van der Waals surface area contributed by atoms with Gasteiger partial charge >= 0.3 is 0 Å². The van der Waals surface area contributed by atoms with Crippen LogP contribution in [0.3, 0.4) is 0 Å². The van der Waals surface area contributed by atoms with Crippen LogP contribution in [-0.2, 0) is 0 Å². The summed E-state index contributed by atoms with van der Waals surface area (Å²) in [6.45, 7) is 6.17. The largest absolute Gasteiger partial charge is 0.332 e. The van der Waals surface area contributed by atoms with Crippen molar-refractivity contribution in [2.75, 3.05) is 10.6 Å². The predicted molar refractivity (Wildman–Crippen MR) is 91.9 cm³/mol. The monoisotopic (exact) mass is 304 g/mol. The van der Waals surface area contributed by atoms with Crippen molar-refractivity contribution in [3.8, 4) is 0 Å². The molecular formula is C16H17ClN2S. The molecule has 2 rings (SSSR count). The van der Waals surface area contributed by atoms with Gasteiger partial charge < -0.3 is 10.6 Å². The lowest BCUT2D eigenvalue weighted by Gasteiger charge is -2.15. The Hall–Kier alpha value is -1.58. The molecular weight excluding hydrogens is 288 g/mol. The van der Waals surface area contributed by atoms with Crippen LogP contribution < -0.4 is 10.6 Å². The molecule has 20 heavy (non-hydrogen) atoms. The first-order chi connectivity index (χ1) is 9.47. The topological polar surface area (TPSA) is 24.1 Å². The summed E-state index contributed by atoms with van der Waals surface area (Å²) in [7, 11) is 0. The molecule has 2 aromatic rings. The molecule has 0 amide bonds. The zero-order valence-electron chi connectivity index (χ0n) is 11.8. The van der Waals surface area contributed by atoms with Crippen LogP contribution in [0.2, 0.25) is 5.02 Å². The number of benzene rings is 2. The molecule has 0 aliphatic rings. The fourth-order valence-electron chi connectivity index (χ4n) is 1.89. The lowest BCUT2D eigenvalue weighted by Crippen LogP contribution is -2.20. The van der Waals surface area contributed by atoms with E-state index < -0.39 is 0 Å². The summed E-state index contributed by atoms with van der Waals surface area (Å²) in [4.78, 5) is 0. The Morgan fingerprint density at radius 2 is 1.65 bits per heavy atom. The lowest BCUT2D eigenvalue weighted by atomic mass is 10.1. The number of halogens is 1. The summed E-state index contributed by atoms with van der Waals surface area (Å²) in [6, 6.07) is 11.8. The van der Waals surface area contributed by atoms with Gasteiger partial charge in [0.25, 0.3) is 0 Å². The number of nitrogens with one attached hydrogen (secondary N) is 2. The van der Waals surface area contributed by atoms with E-state index in [0.717, 1.165) is 16.9 Å². The average molecular weight is 305 g/mol. The molecule has 2 nitrogen and oxygen atoms in total. The van der Waals surface area contributed by atoms with Crippen molar-refractivity contribution in [1.29, 1.82) is 0 Å². The Morgan fingerprint density at radius 1 is 0.950 bits per heavy atom. The van der Waals surface area contributed by atoms with Crippen molar-refractivity contribution >= 4 is 40.3 Å². The van der Waals surface area contributed by atoms with E-state index in [-0.39, 0.29) is 0 Å². The summed E-state index contributed by atoms with van der Waals surface area (Å²) in [6.07, 6.45) is 0. The number of hydrogen-bond acceptors (Lipinski definition) is 1. The van der Waals surface area contributed by atoms with Gasteiger partial charge in [0, 0.05) is 16.4 Å². The molecule has 0 heterocycles. The third-order valence-electron chi connectivity index (χ3n) is 3.30. The predicted octanol–water partition coefficient (Wildman–Crippen LogP) is 5.07. The second-order valence-corrected chi connectivity index (χ2v) is 5.63. The Kier molecular flexibility index (Phi) is 4.63. The first-order valence-corrected chi connectivity index (χ1v) is 7.16. The molecule has 0 atom stereocenters. The van der Waals surface area contributed by atoms with Crippen molar-refractivity contribution in [3.63, 3.8) is 0 Å². The quantitative estimate of drug-likeness (QED) is 0.757. The van der Waals surface area contributed by atoms with Crippen LogP contribution >= 0.6 is 23.8 Å². The summed E-state index contributed by atoms with van der Waals surface area (Å²) >= 11 is 11.4. The van der Waals surface area contributed by atoms with Crippen LogP contribution in [0.25, 0.3) is 0 Å². The van der Waals surface area contributed by atoms with Crippen LogP contribution in [0, 0.1) is 20.8 Å². The van der Waals surface area contributed by atoms with Gasteiger partial charge in [-0.25, -0.2) is 0 Å². The molecule has 0 unspecified atom stereocenters. The van der Waals surface area contributed by atoms with E-state index in [4.69, 9.17) is 23.8 Å². The number of aryl methyl sites for hydroxylation is 2. The molecule has 0 bridgehead atoms. The van der Waals surface area contributed by atoms with E-state index in [1.54, 1.807) is 0 Å². The molecule has 0 saturated heterocycles. The molecule has 0 saturated carbocycles. The summed E-state index contributed by atoms with van der Waals surface area (Å²) < 4.78 is 0. The maximum absolute atomic E-state index is 6.00. The highest BCUT2D eigenvalue weighted by atomic mass is 35.5. The van der Waals surface area contributed by atoms with Crippen LogP contribution in [0.15, 0.2) is 36.4 Å². The Balaban J connectivity index is 2.13. The van der Waals surface area contributed by atoms with Crippen molar-refractivity contribution in [1.82, 2.24) is 0 Å². The highest BCUT2D eigenvalue weighted by Crippen LogP contribution is 2.22. The van der Waals surface area contributed by atoms with Gasteiger partial charge in [0.1, 0.15) is 0 Å². The van der Waals surface area contributed by atoms with Gasteiger partial charge in [0.15, 0.2) is 5.11 Å². The van der Waals surface area contributed by atoms with E-state index in [9.17, 15) is 0 Å². The van der Waals surface area contributed by atoms with Gasteiger partial charge in [0.05, 0.1) is 0 Å². The number of thiocarbonyl (C=S) groups is 1. The van der Waals surface area contributed by atoms with Gasteiger partial charge in [-0.05, 0) is 67.9 Å². The minimum absolute atomic E-state index is 0.559. The Morgan fingerprint density at radius 3 is 2.40 bits per heavy atom. The summed E-state index contributed by atoms with van der Waals surface area (Å²) in [5, 5.41) is 7.65. The minimum atomic E-state index is 0.559. The number of anilines is 2. The van der Waals surface area contributed by atoms with Gasteiger partial charge in [-0.15, -0.1) is 0 Å². The smallest absolute Gasteiger partial charge is 0.175 e. The van der Waals surface area contributed by atoms with E-state index in [1.165, 1.54) is 11.1 Å². The highest BCUT2D eigenvalue weighted by molar-refractivity contribution is 7.80. The van der Waals surface area contributed by atoms with Gasteiger partial charge in [-0.3, -0.25) is 0 Å². The van der Waals surface area contributed by atoms with Crippen LogP contribution in [0.1, 0.15) is 16.7 Å². The fraction of sp³-hybridized carbons (Fsp3) is 0.188. The minimum Gasteiger partial charge on any atom is -0.332 e. The zero-order valence-corrected chi connectivity index (χ0v) is 13.3. The van der Waals surface area contributed by atoms with E-state index in [1.807, 2.05) is 37.3 Å². The van der Waals surface area contributed by atoms with E-state index >= 15 is 0 Å². The maximum atomic E-state index is 6.00. The van der Waals surface area contributed by atoms with Crippen molar-refractivity contribution < 1.29 is 0 Å².